The summed E-state index contributed by atoms with van der Waals surface area (Å²) in [6.07, 6.45) is -4.21. The second kappa shape index (κ2) is 5.37. The number of halogens is 3. The van der Waals surface area contributed by atoms with Crippen molar-refractivity contribution >= 4 is 10.8 Å². The number of hydrogen-bond donors (Lipinski definition) is 1. The van der Waals surface area contributed by atoms with E-state index in [4.69, 9.17) is 0 Å². The molecule has 0 aromatic heterocycles. The molecule has 0 saturated heterocycles. The Kier molecular flexibility index (Phi) is 3.53. The third-order valence-electron chi connectivity index (χ3n) is 3.64. The smallest absolute Gasteiger partial charge is 0.417 e. The highest BCUT2D eigenvalue weighted by atomic mass is 19.4. The molecule has 0 fully saturated rings. The minimum Gasteiger partial charge on any atom is -0.507 e. The van der Waals surface area contributed by atoms with Gasteiger partial charge in [-0.25, -0.2) is 0 Å². The van der Waals surface area contributed by atoms with E-state index in [9.17, 15) is 18.3 Å². The van der Waals surface area contributed by atoms with Crippen LogP contribution in [0.3, 0.4) is 0 Å². The van der Waals surface area contributed by atoms with Crippen LogP contribution in [0.1, 0.15) is 16.7 Å². The van der Waals surface area contributed by atoms with Gasteiger partial charge in [-0.2, -0.15) is 13.2 Å². The summed E-state index contributed by atoms with van der Waals surface area (Å²) in [6, 6.07) is 16.2. The van der Waals surface area contributed by atoms with E-state index >= 15 is 0 Å². The van der Waals surface area contributed by atoms with Crippen LogP contribution in [0.15, 0.2) is 60.7 Å². The number of benzene rings is 3. The van der Waals surface area contributed by atoms with Gasteiger partial charge < -0.3 is 5.11 Å². The second-order valence-corrected chi connectivity index (χ2v) is 5.14. The molecule has 0 unspecified atom stereocenters. The standard InChI is InChI=1S/C18H13F3O/c19-18(20,21)16-11-13(10-12-6-2-1-3-7-12)17(22)15-9-5-4-8-14(15)16/h1-9,11,22H,10H2. The fourth-order valence-corrected chi connectivity index (χ4v) is 2.60. The SMILES string of the molecule is Oc1c(Cc2ccccc2)cc(C(F)(F)F)c2ccccc12. The lowest BCUT2D eigenvalue weighted by Crippen LogP contribution is -2.07. The molecule has 4 heteroatoms. The monoisotopic (exact) mass is 302 g/mol. The predicted molar refractivity (Wildman–Crippen MR) is 79.9 cm³/mol. The van der Waals surface area contributed by atoms with Gasteiger partial charge in [0.1, 0.15) is 5.75 Å². The molecule has 0 heterocycles. The van der Waals surface area contributed by atoms with Gasteiger partial charge in [0.25, 0.3) is 0 Å². The first-order valence-electron chi connectivity index (χ1n) is 6.81. The third-order valence-corrected chi connectivity index (χ3v) is 3.64. The fourth-order valence-electron chi connectivity index (χ4n) is 2.60. The first-order chi connectivity index (χ1) is 10.5. The minimum absolute atomic E-state index is 0.0179. The van der Waals surface area contributed by atoms with Crippen LogP contribution >= 0.6 is 0 Å². The molecule has 0 aliphatic carbocycles. The molecular weight excluding hydrogens is 289 g/mol. The highest BCUT2D eigenvalue weighted by Gasteiger charge is 2.33. The molecule has 3 rings (SSSR count). The Morgan fingerprint density at radius 2 is 1.41 bits per heavy atom. The molecule has 0 radical (unpaired) electrons. The Bertz CT molecular complexity index is 808. The molecule has 1 N–H and O–H groups in total. The summed E-state index contributed by atoms with van der Waals surface area (Å²) in [6.45, 7) is 0. The van der Waals surface area contributed by atoms with E-state index in [1.54, 1.807) is 6.07 Å². The van der Waals surface area contributed by atoms with Crippen LogP contribution in [0, 0.1) is 0 Å². The van der Waals surface area contributed by atoms with Crippen molar-refractivity contribution in [2.24, 2.45) is 0 Å². The van der Waals surface area contributed by atoms with Crippen molar-refractivity contribution in [2.45, 2.75) is 12.6 Å². The number of alkyl halides is 3. The number of fused-ring (bicyclic) bond motifs is 1. The van der Waals surface area contributed by atoms with Crippen LogP contribution in [0.5, 0.6) is 5.75 Å². The summed E-state index contributed by atoms with van der Waals surface area (Å²) in [5.74, 6) is -0.0903. The van der Waals surface area contributed by atoms with Crippen molar-refractivity contribution in [3.05, 3.63) is 77.4 Å². The quantitative estimate of drug-likeness (QED) is 0.693. The van der Waals surface area contributed by atoms with Crippen LogP contribution in [-0.2, 0) is 12.6 Å². The van der Waals surface area contributed by atoms with E-state index in [-0.39, 0.29) is 28.5 Å². The van der Waals surface area contributed by atoms with Crippen LogP contribution in [0.25, 0.3) is 10.8 Å². The van der Waals surface area contributed by atoms with Crippen LogP contribution in [-0.4, -0.2) is 5.11 Å². The highest BCUT2D eigenvalue weighted by Crippen LogP contribution is 2.40. The van der Waals surface area contributed by atoms with Crippen LogP contribution in [0.4, 0.5) is 13.2 Å². The largest absolute Gasteiger partial charge is 0.507 e. The Morgan fingerprint density at radius 3 is 2.05 bits per heavy atom. The molecule has 0 saturated carbocycles. The van der Waals surface area contributed by atoms with E-state index in [1.165, 1.54) is 18.2 Å². The molecular formula is C18H13F3O. The van der Waals surface area contributed by atoms with Gasteiger partial charge in [-0.1, -0.05) is 54.6 Å². The van der Waals surface area contributed by atoms with Gasteiger partial charge >= 0.3 is 6.18 Å². The highest BCUT2D eigenvalue weighted by molar-refractivity contribution is 5.92. The Morgan fingerprint density at radius 1 is 0.818 bits per heavy atom. The Labute approximate surface area is 125 Å². The van der Waals surface area contributed by atoms with E-state index in [1.807, 2.05) is 30.3 Å². The lowest BCUT2D eigenvalue weighted by atomic mass is 9.95. The summed E-state index contributed by atoms with van der Waals surface area (Å²) in [7, 11) is 0. The maximum absolute atomic E-state index is 13.3. The summed E-state index contributed by atoms with van der Waals surface area (Å²) >= 11 is 0. The zero-order chi connectivity index (χ0) is 15.7. The number of rotatable bonds is 2. The first kappa shape index (κ1) is 14.4. The average molecular weight is 302 g/mol. The van der Waals surface area contributed by atoms with Crippen molar-refractivity contribution in [1.29, 1.82) is 0 Å². The number of phenolic OH excluding ortho intramolecular Hbond substituents is 1. The second-order valence-electron chi connectivity index (χ2n) is 5.14. The summed E-state index contributed by atoms with van der Waals surface area (Å²) in [5.41, 5.74) is 0.408. The molecule has 0 spiro atoms. The van der Waals surface area contributed by atoms with Crippen molar-refractivity contribution in [2.75, 3.05) is 0 Å². The number of hydrogen-bond acceptors (Lipinski definition) is 1. The van der Waals surface area contributed by atoms with Gasteiger partial charge in [-0.3, -0.25) is 0 Å². The molecule has 0 atom stereocenters. The van der Waals surface area contributed by atoms with Crippen molar-refractivity contribution in [1.82, 2.24) is 0 Å². The molecule has 3 aromatic carbocycles. The maximum atomic E-state index is 13.3. The molecule has 0 aliphatic rings. The maximum Gasteiger partial charge on any atom is 0.417 e. The van der Waals surface area contributed by atoms with Crippen LogP contribution in [0.2, 0.25) is 0 Å². The lowest BCUT2D eigenvalue weighted by Gasteiger charge is -2.15. The fraction of sp³-hybridized carbons (Fsp3) is 0.111. The van der Waals surface area contributed by atoms with Crippen molar-refractivity contribution in [3.8, 4) is 5.75 Å². The minimum atomic E-state index is -4.46. The van der Waals surface area contributed by atoms with Crippen molar-refractivity contribution in [3.63, 3.8) is 0 Å². The van der Waals surface area contributed by atoms with Gasteiger partial charge in [0, 0.05) is 11.8 Å². The topological polar surface area (TPSA) is 20.2 Å². The predicted octanol–water partition coefficient (Wildman–Crippen LogP) is 5.16. The zero-order valence-corrected chi connectivity index (χ0v) is 11.6. The lowest BCUT2D eigenvalue weighted by molar-refractivity contribution is -0.136. The first-order valence-corrected chi connectivity index (χ1v) is 6.81. The molecule has 1 nitrogen and oxygen atoms in total. The van der Waals surface area contributed by atoms with Gasteiger partial charge in [0.2, 0.25) is 0 Å². The van der Waals surface area contributed by atoms with Crippen LogP contribution < -0.4 is 0 Å². The van der Waals surface area contributed by atoms with Gasteiger partial charge in [-0.15, -0.1) is 0 Å². The van der Waals surface area contributed by atoms with Gasteiger partial charge in [-0.05, 0) is 22.6 Å². The third kappa shape index (κ3) is 2.64. The zero-order valence-electron chi connectivity index (χ0n) is 11.6. The number of aromatic hydroxyl groups is 1. The Hall–Kier alpha value is -2.49. The molecule has 0 bridgehead atoms. The number of phenols is 1. The molecule has 22 heavy (non-hydrogen) atoms. The van der Waals surface area contributed by atoms with E-state index in [2.05, 4.69) is 0 Å². The summed E-state index contributed by atoms with van der Waals surface area (Å²) < 4.78 is 39.9. The summed E-state index contributed by atoms with van der Waals surface area (Å²) in [5, 5.41) is 10.6. The molecule has 0 amide bonds. The van der Waals surface area contributed by atoms with Crippen molar-refractivity contribution < 1.29 is 18.3 Å². The normalized spacial score (nSPS) is 11.8. The van der Waals surface area contributed by atoms with E-state index < -0.39 is 11.7 Å². The average Bonchev–Trinajstić information content (AvgIpc) is 2.50. The van der Waals surface area contributed by atoms with E-state index in [0.717, 1.165) is 11.6 Å². The summed E-state index contributed by atoms with van der Waals surface area (Å²) in [4.78, 5) is 0. The van der Waals surface area contributed by atoms with Gasteiger partial charge in [0.15, 0.2) is 0 Å². The van der Waals surface area contributed by atoms with Gasteiger partial charge in [0.05, 0.1) is 5.56 Å². The Balaban J connectivity index is 2.21. The van der Waals surface area contributed by atoms with E-state index in [0.29, 0.717) is 0 Å². The molecule has 0 aliphatic heterocycles. The molecule has 112 valence electrons. The molecule has 3 aromatic rings.